The Morgan fingerprint density at radius 2 is 2.05 bits per heavy atom. The molecular weight excluding hydrogens is 302 g/mol. The summed E-state index contributed by atoms with van der Waals surface area (Å²) in [6.07, 6.45) is 3.35. The van der Waals surface area contributed by atoms with Crippen LogP contribution in [0.1, 0.15) is 16.1 Å². The minimum Gasteiger partial charge on any atom is -0.350 e. The minimum atomic E-state index is -1.99. The summed E-state index contributed by atoms with van der Waals surface area (Å²) in [6, 6.07) is 10.1. The molecule has 1 unspecified atom stereocenters. The van der Waals surface area contributed by atoms with Gasteiger partial charge < -0.3 is 14.9 Å². The number of rotatable bonds is 4. The van der Waals surface area contributed by atoms with E-state index in [1.807, 2.05) is 0 Å². The van der Waals surface area contributed by atoms with Crippen molar-refractivity contribution in [3.8, 4) is 0 Å². The van der Waals surface area contributed by atoms with E-state index in [1.165, 1.54) is 0 Å². The van der Waals surface area contributed by atoms with Gasteiger partial charge in [0.1, 0.15) is 5.69 Å². The third-order valence-corrected chi connectivity index (χ3v) is 3.92. The minimum absolute atomic E-state index is 0.217. The maximum absolute atomic E-state index is 12.1. The van der Waals surface area contributed by atoms with Crippen LogP contribution in [-0.2, 0) is 17.6 Å². The highest BCUT2D eigenvalue weighted by Crippen LogP contribution is 2.13. The van der Waals surface area contributed by atoms with E-state index in [9.17, 15) is 9.00 Å². The predicted molar refractivity (Wildman–Crippen MR) is 82.7 cm³/mol. The number of aromatic amines is 1. The molecule has 22 heavy (non-hydrogen) atoms. The van der Waals surface area contributed by atoms with Gasteiger partial charge in [0.15, 0.2) is 11.1 Å². The van der Waals surface area contributed by atoms with Crippen molar-refractivity contribution in [3.63, 3.8) is 0 Å². The molecule has 0 aliphatic rings. The van der Waals surface area contributed by atoms with Crippen LogP contribution in [0, 0.1) is 0 Å². The van der Waals surface area contributed by atoms with Crippen molar-refractivity contribution >= 4 is 27.9 Å². The monoisotopic (exact) mass is 315 g/mol. The third kappa shape index (κ3) is 3.05. The van der Waals surface area contributed by atoms with Crippen molar-refractivity contribution in [2.75, 3.05) is 0 Å². The van der Waals surface area contributed by atoms with Crippen LogP contribution in [-0.4, -0.2) is 24.6 Å². The normalized spacial score (nSPS) is 12.2. The first-order chi connectivity index (χ1) is 10.6. The second-order valence-corrected chi connectivity index (χ2v) is 5.69. The zero-order chi connectivity index (χ0) is 15.5. The summed E-state index contributed by atoms with van der Waals surface area (Å²) in [7, 11) is 0. The number of hydrogen-bond acceptors (Lipinski definition) is 3. The zero-order valence-corrected chi connectivity index (χ0v) is 12.3. The fourth-order valence-corrected chi connectivity index (χ4v) is 2.46. The average Bonchev–Trinajstić information content (AvgIpc) is 2.97. The highest BCUT2D eigenvalue weighted by Gasteiger charge is 2.09. The van der Waals surface area contributed by atoms with Gasteiger partial charge in [-0.3, -0.25) is 9.78 Å². The SMILES string of the molecule is O=C(NCc1ccc(S(=O)O)cc1)c1cc2cnccc2[nH]1. The lowest BCUT2D eigenvalue weighted by molar-refractivity contribution is 0.0946. The van der Waals surface area contributed by atoms with Gasteiger partial charge >= 0.3 is 0 Å². The van der Waals surface area contributed by atoms with Gasteiger partial charge in [0.25, 0.3) is 5.91 Å². The molecular formula is C15H13N3O3S. The Balaban J connectivity index is 1.67. The molecule has 0 bridgehead atoms. The number of carbonyl (C=O) groups is 1. The summed E-state index contributed by atoms with van der Waals surface area (Å²) in [5.41, 5.74) is 2.17. The smallest absolute Gasteiger partial charge is 0.267 e. The van der Waals surface area contributed by atoms with Crippen LogP contribution in [0.5, 0.6) is 0 Å². The van der Waals surface area contributed by atoms with Crippen LogP contribution in [0.25, 0.3) is 10.9 Å². The molecule has 3 aromatic rings. The van der Waals surface area contributed by atoms with Gasteiger partial charge in [-0.1, -0.05) is 12.1 Å². The van der Waals surface area contributed by atoms with E-state index in [0.717, 1.165) is 16.5 Å². The molecule has 0 spiro atoms. The number of amides is 1. The van der Waals surface area contributed by atoms with Gasteiger partial charge in [-0.2, -0.15) is 0 Å². The van der Waals surface area contributed by atoms with Gasteiger partial charge in [0, 0.05) is 29.8 Å². The van der Waals surface area contributed by atoms with E-state index in [2.05, 4.69) is 15.3 Å². The molecule has 1 aromatic carbocycles. The van der Waals surface area contributed by atoms with Crippen molar-refractivity contribution < 1.29 is 13.6 Å². The molecule has 1 atom stereocenters. The van der Waals surface area contributed by atoms with E-state index in [-0.39, 0.29) is 5.91 Å². The molecule has 1 amide bonds. The van der Waals surface area contributed by atoms with E-state index < -0.39 is 11.1 Å². The molecule has 112 valence electrons. The Kier molecular flexibility index (Phi) is 3.99. The molecule has 0 aliphatic heterocycles. The first-order valence-corrected chi connectivity index (χ1v) is 7.65. The Morgan fingerprint density at radius 3 is 2.73 bits per heavy atom. The summed E-state index contributed by atoms with van der Waals surface area (Å²) >= 11 is -1.99. The summed E-state index contributed by atoms with van der Waals surface area (Å²) < 4.78 is 19.8. The first kappa shape index (κ1) is 14.4. The topological polar surface area (TPSA) is 95.1 Å². The number of nitrogens with one attached hydrogen (secondary N) is 2. The molecule has 0 fully saturated rings. The van der Waals surface area contributed by atoms with Gasteiger partial charge in [-0.15, -0.1) is 0 Å². The van der Waals surface area contributed by atoms with Crippen LogP contribution >= 0.6 is 0 Å². The summed E-state index contributed by atoms with van der Waals surface area (Å²) in [5.74, 6) is -0.217. The summed E-state index contributed by atoms with van der Waals surface area (Å²) in [4.78, 5) is 19.5. The molecule has 3 N–H and O–H groups in total. The van der Waals surface area contributed by atoms with Crippen molar-refractivity contribution in [3.05, 3.63) is 60.0 Å². The highest BCUT2D eigenvalue weighted by molar-refractivity contribution is 7.79. The molecule has 2 heterocycles. The maximum Gasteiger partial charge on any atom is 0.267 e. The molecule has 2 aromatic heterocycles. The second kappa shape index (κ2) is 6.08. The molecule has 7 heteroatoms. The van der Waals surface area contributed by atoms with Crippen molar-refractivity contribution in [1.29, 1.82) is 0 Å². The lowest BCUT2D eigenvalue weighted by Crippen LogP contribution is -2.23. The quantitative estimate of drug-likeness (QED) is 0.642. The van der Waals surface area contributed by atoms with Gasteiger partial charge in [-0.25, -0.2) is 4.21 Å². The standard InChI is InChI=1S/C15H13N3O3S/c19-15(14-7-11-9-16-6-5-13(11)18-14)17-8-10-1-3-12(4-2-10)22(20)21/h1-7,9,18H,8H2,(H,17,19)(H,20,21). The highest BCUT2D eigenvalue weighted by atomic mass is 32.2. The van der Waals surface area contributed by atoms with Crippen LogP contribution in [0.3, 0.4) is 0 Å². The second-order valence-electron chi connectivity index (χ2n) is 4.72. The van der Waals surface area contributed by atoms with Crippen molar-refractivity contribution in [2.45, 2.75) is 11.4 Å². The first-order valence-electron chi connectivity index (χ1n) is 6.54. The predicted octanol–water partition coefficient (Wildman–Crippen LogP) is 2.07. The van der Waals surface area contributed by atoms with E-state index in [4.69, 9.17) is 4.55 Å². The third-order valence-electron chi connectivity index (χ3n) is 3.24. The van der Waals surface area contributed by atoms with Gasteiger partial charge in [0.2, 0.25) is 0 Å². The number of carbonyl (C=O) groups excluding carboxylic acids is 1. The van der Waals surface area contributed by atoms with Crippen molar-refractivity contribution in [1.82, 2.24) is 15.3 Å². The maximum atomic E-state index is 12.1. The van der Waals surface area contributed by atoms with E-state index in [1.54, 1.807) is 48.8 Å². The van der Waals surface area contributed by atoms with Gasteiger partial charge in [-0.05, 0) is 29.8 Å². The fraction of sp³-hybridized carbons (Fsp3) is 0.0667. The lowest BCUT2D eigenvalue weighted by Gasteiger charge is -2.04. The number of benzene rings is 1. The van der Waals surface area contributed by atoms with Gasteiger partial charge in [0.05, 0.1) is 4.90 Å². The lowest BCUT2D eigenvalue weighted by atomic mass is 10.2. The van der Waals surface area contributed by atoms with Crippen LogP contribution in [0.15, 0.2) is 53.7 Å². The zero-order valence-electron chi connectivity index (χ0n) is 11.4. The molecule has 3 rings (SSSR count). The number of aromatic nitrogens is 2. The Labute approximate surface area is 128 Å². The van der Waals surface area contributed by atoms with E-state index in [0.29, 0.717) is 17.1 Å². The van der Waals surface area contributed by atoms with E-state index >= 15 is 0 Å². The van der Waals surface area contributed by atoms with Crippen LogP contribution in [0.4, 0.5) is 0 Å². The summed E-state index contributed by atoms with van der Waals surface area (Å²) in [6.45, 7) is 0.338. The number of pyridine rings is 1. The molecule has 0 radical (unpaired) electrons. The van der Waals surface area contributed by atoms with Crippen LogP contribution in [0.2, 0.25) is 0 Å². The number of H-pyrrole nitrogens is 1. The largest absolute Gasteiger partial charge is 0.350 e. The Morgan fingerprint density at radius 1 is 1.27 bits per heavy atom. The summed E-state index contributed by atoms with van der Waals surface area (Å²) in [5, 5.41) is 3.67. The molecule has 0 saturated carbocycles. The Bertz CT molecular complexity index is 810. The molecule has 0 saturated heterocycles. The number of fused-ring (bicyclic) bond motifs is 1. The average molecular weight is 315 g/mol. The van der Waals surface area contributed by atoms with Crippen LogP contribution < -0.4 is 5.32 Å². The molecule has 6 nitrogen and oxygen atoms in total. The molecule has 0 aliphatic carbocycles. The fourth-order valence-electron chi connectivity index (χ4n) is 2.10. The number of nitrogens with zero attached hydrogens (tertiary/aromatic N) is 1. The Hall–Kier alpha value is -2.51. The number of hydrogen-bond donors (Lipinski definition) is 3. The van der Waals surface area contributed by atoms with Crippen molar-refractivity contribution in [2.24, 2.45) is 0 Å².